The first-order valence-corrected chi connectivity index (χ1v) is 9.39. The minimum absolute atomic E-state index is 0.0568. The summed E-state index contributed by atoms with van der Waals surface area (Å²) in [5, 5.41) is 6.82. The molecule has 0 atom stereocenters. The van der Waals surface area contributed by atoms with Crippen molar-refractivity contribution in [3.63, 3.8) is 0 Å². The van der Waals surface area contributed by atoms with Gasteiger partial charge in [0.2, 0.25) is 5.91 Å². The van der Waals surface area contributed by atoms with Crippen LogP contribution < -0.4 is 10.1 Å². The first-order valence-electron chi connectivity index (χ1n) is 8.24. The quantitative estimate of drug-likeness (QED) is 0.639. The van der Waals surface area contributed by atoms with E-state index < -0.39 is 0 Å². The number of nitrogens with one attached hydrogen (secondary N) is 1. The highest BCUT2D eigenvalue weighted by Gasteiger charge is 2.10. The number of hydrogen-bond donors (Lipinski definition) is 1. The van der Waals surface area contributed by atoms with Crippen LogP contribution in [0.1, 0.15) is 17.0 Å². The molecule has 0 spiro atoms. The molecule has 0 radical (unpaired) electrons. The van der Waals surface area contributed by atoms with Gasteiger partial charge in [-0.3, -0.25) is 4.79 Å². The first kappa shape index (κ1) is 18.1. The second-order valence-corrected chi connectivity index (χ2v) is 6.77. The maximum Gasteiger partial charge on any atom is 0.234 e. The Hall–Kier alpha value is -2.73. The second kappa shape index (κ2) is 8.58. The van der Waals surface area contributed by atoms with E-state index in [1.807, 2.05) is 68.4 Å². The van der Waals surface area contributed by atoms with Gasteiger partial charge in [-0.1, -0.05) is 29.4 Å². The van der Waals surface area contributed by atoms with Crippen LogP contribution in [0.15, 0.2) is 59.1 Å². The number of aryl methyl sites for hydroxylation is 2. The molecule has 2 aromatic carbocycles. The topological polar surface area (TPSA) is 64.4 Å². The van der Waals surface area contributed by atoms with Crippen molar-refractivity contribution in [3.8, 4) is 11.5 Å². The second-order valence-electron chi connectivity index (χ2n) is 5.79. The molecule has 134 valence electrons. The zero-order valence-corrected chi connectivity index (χ0v) is 15.5. The average molecular weight is 368 g/mol. The van der Waals surface area contributed by atoms with Crippen LogP contribution in [0.2, 0.25) is 0 Å². The van der Waals surface area contributed by atoms with Crippen LogP contribution in [-0.4, -0.2) is 16.8 Å². The molecule has 0 aliphatic heterocycles. The molecule has 0 saturated carbocycles. The van der Waals surface area contributed by atoms with E-state index >= 15 is 0 Å². The zero-order chi connectivity index (χ0) is 18.4. The largest absolute Gasteiger partial charge is 0.457 e. The van der Waals surface area contributed by atoms with Gasteiger partial charge in [0.1, 0.15) is 17.3 Å². The Bertz CT molecular complexity index is 858. The average Bonchev–Trinajstić information content (AvgIpc) is 2.95. The van der Waals surface area contributed by atoms with Crippen LogP contribution in [0.3, 0.4) is 0 Å². The summed E-state index contributed by atoms with van der Waals surface area (Å²) in [6, 6.07) is 16.9. The number of nitrogens with zero attached hydrogens (tertiary/aromatic N) is 1. The standard InChI is InChI=1S/C20H20N2O3S/c1-14-19(15(2)25-22-14)12-26-13-20(23)21-16-7-6-10-18(11-16)24-17-8-4-3-5-9-17/h3-11H,12-13H2,1-2H3,(H,21,23). The fraction of sp³-hybridized carbons (Fsp3) is 0.200. The van der Waals surface area contributed by atoms with Crippen molar-refractivity contribution in [1.29, 1.82) is 0 Å². The Morgan fingerprint density at radius 3 is 2.62 bits per heavy atom. The summed E-state index contributed by atoms with van der Waals surface area (Å²) in [7, 11) is 0. The minimum Gasteiger partial charge on any atom is -0.457 e. The fourth-order valence-corrected chi connectivity index (χ4v) is 3.39. The van der Waals surface area contributed by atoms with Crippen LogP contribution >= 0.6 is 11.8 Å². The van der Waals surface area contributed by atoms with Gasteiger partial charge in [0.15, 0.2) is 0 Å². The minimum atomic E-state index is -0.0568. The molecule has 0 aliphatic carbocycles. The summed E-state index contributed by atoms with van der Waals surface area (Å²) in [5.41, 5.74) is 2.64. The molecule has 1 heterocycles. The van der Waals surface area contributed by atoms with Gasteiger partial charge in [-0.25, -0.2) is 0 Å². The Morgan fingerprint density at radius 2 is 1.88 bits per heavy atom. The number of hydrogen-bond acceptors (Lipinski definition) is 5. The predicted octanol–water partition coefficient (Wildman–Crippen LogP) is 4.96. The number of rotatable bonds is 7. The van der Waals surface area contributed by atoms with Crippen molar-refractivity contribution >= 4 is 23.4 Å². The summed E-state index contributed by atoms with van der Waals surface area (Å²) in [4.78, 5) is 12.2. The van der Waals surface area contributed by atoms with Gasteiger partial charge in [-0.05, 0) is 38.1 Å². The normalized spacial score (nSPS) is 10.5. The van der Waals surface area contributed by atoms with E-state index in [4.69, 9.17) is 9.26 Å². The number of amides is 1. The lowest BCUT2D eigenvalue weighted by Crippen LogP contribution is -2.14. The number of ether oxygens (including phenoxy) is 1. The molecule has 1 amide bonds. The molecule has 0 fully saturated rings. The SMILES string of the molecule is Cc1noc(C)c1CSCC(=O)Nc1cccc(Oc2ccccc2)c1. The van der Waals surface area contributed by atoms with Gasteiger partial charge in [0.05, 0.1) is 11.4 Å². The van der Waals surface area contributed by atoms with E-state index in [2.05, 4.69) is 10.5 Å². The highest BCUT2D eigenvalue weighted by Crippen LogP contribution is 2.24. The Labute approximate surface area is 156 Å². The number of carbonyl (C=O) groups is 1. The summed E-state index contributed by atoms with van der Waals surface area (Å²) < 4.78 is 10.9. The van der Waals surface area contributed by atoms with E-state index in [9.17, 15) is 4.79 Å². The van der Waals surface area contributed by atoms with Crippen LogP contribution in [-0.2, 0) is 10.5 Å². The molecule has 3 rings (SSSR count). The van der Waals surface area contributed by atoms with Crippen molar-refractivity contribution < 1.29 is 14.1 Å². The predicted molar refractivity (Wildman–Crippen MR) is 104 cm³/mol. The maximum atomic E-state index is 12.2. The summed E-state index contributed by atoms with van der Waals surface area (Å²) in [5.74, 6) is 3.24. The van der Waals surface area contributed by atoms with Crippen molar-refractivity contribution in [2.75, 3.05) is 11.1 Å². The number of thioether (sulfide) groups is 1. The van der Waals surface area contributed by atoms with E-state index in [1.54, 1.807) is 0 Å². The van der Waals surface area contributed by atoms with Crippen molar-refractivity contribution in [3.05, 3.63) is 71.6 Å². The van der Waals surface area contributed by atoms with Crippen molar-refractivity contribution in [2.24, 2.45) is 0 Å². The highest BCUT2D eigenvalue weighted by molar-refractivity contribution is 7.99. The smallest absolute Gasteiger partial charge is 0.234 e. The lowest BCUT2D eigenvalue weighted by molar-refractivity contribution is -0.113. The molecular weight excluding hydrogens is 348 g/mol. The van der Waals surface area contributed by atoms with Crippen LogP contribution in [0, 0.1) is 13.8 Å². The number of aromatic nitrogens is 1. The van der Waals surface area contributed by atoms with Gasteiger partial charge in [0.25, 0.3) is 0 Å². The molecule has 0 bridgehead atoms. The summed E-state index contributed by atoms with van der Waals surface area (Å²) >= 11 is 1.53. The number of para-hydroxylation sites is 1. The van der Waals surface area contributed by atoms with E-state index in [1.165, 1.54) is 11.8 Å². The van der Waals surface area contributed by atoms with Gasteiger partial charge in [-0.15, -0.1) is 11.8 Å². The number of anilines is 1. The van der Waals surface area contributed by atoms with Crippen LogP contribution in [0.25, 0.3) is 0 Å². The molecule has 0 aliphatic rings. The highest BCUT2D eigenvalue weighted by atomic mass is 32.2. The number of carbonyl (C=O) groups excluding carboxylic acids is 1. The third kappa shape index (κ3) is 4.89. The maximum absolute atomic E-state index is 12.2. The Balaban J connectivity index is 1.52. The Morgan fingerprint density at radius 1 is 1.12 bits per heavy atom. The van der Waals surface area contributed by atoms with Gasteiger partial charge in [0, 0.05) is 23.1 Å². The third-order valence-corrected chi connectivity index (χ3v) is 4.72. The molecule has 5 nitrogen and oxygen atoms in total. The van der Waals surface area contributed by atoms with Crippen molar-refractivity contribution in [1.82, 2.24) is 5.16 Å². The summed E-state index contributed by atoms with van der Waals surface area (Å²) in [6.07, 6.45) is 0. The third-order valence-electron chi connectivity index (χ3n) is 3.76. The fourth-order valence-electron chi connectivity index (χ4n) is 2.41. The molecule has 26 heavy (non-hydrogen) atoms. The summed E-state index contributed by atoms with van der Waals surface area (Å²) in [6.45, 7) is 3.79. The lowest BCUT2D eigenvalue weighted by Gasteiger charge is -2.09. The molecule has 6 heteroatoms. The molecule has 0 saturated heterocycles. The molecular formula is C20H20N2O3S. The van der Waals surface area contributed by atoms with Gasteiger partial charge >= 0.3 is 0 Å². The van der Waals surface area contributed by atoms with Crippen LogP contribution in [0.4, 0.5) is 5.69 Å². The van der Waals surface area contributed by atoms with Gasteiger partial charge < -0.3 is 14.6 Å². The monoisotopic (exact) mass is 368 g/mol. The number of benzene rings is 2. The van der Waals surface area contributed by atoms with Gasteiger partial charge in [-0.2, -0.15) is 0 Å². The molecule has 1 aromatic heterocycles. The Kier molecular flexibility index (Phi) is 5.96. The van der Waals surface area contributed by atoms with E-state index in [0.717, 1.165) is 22.8 Å². The lowest BCUT2D eigenvalue weighted by atomic mass is 10.2. The van der Waals surface area contributed by atoms with Crippen LogP contribution in [0.5, 0.6) is 11.5 Å². The molecule has 3 aromatic rings. The van der Waals surface area contributed by atoms with E-state index in [0.29, 0.717) is 22.9 Å². The zero-order valence-electron chi connectivity index (χ0n) is 14.7. The first-order chi connectivity index (χ1) is 12.6. The molecule has 0 unspecified atom stereocenters. The van der Waals surface area contributed by atoms with Crippen molar-refractivity contribution in [2.45, 2.75) is 19.6 Å². The molecule has 1 N–H and O–H groups in total. The van der Waals surface area contributed by atoms with E-state index in [-0.39, 0.29) is 5.91 Å².